The fraction of sp³-hybridized carbons (Fsp3) is 0.769. The lowest BCUT2D eigenvalue weighted by Gasteiger charge is -2.31. The summed E-state index contributed by atoms with van der Waals surface area (Å²) < 4.78 is 5.11. The topological polar surface area (TPSA) is 38.3 Å². The zero-order chi connectivity index (χ0) is 12.6. The maximum atomic E-state index is 11.9. The zero-order valence-electron chi connectivity index (χ0n) is 11.0. The van der Waals surface area contributed by atoms with E-state index in [9.17, 15) is 4.79 Å². The monoisotopic (exact) mass is 227 g/mol. The van der Waals surface area contributed by atoms with Crippen LogP contribution in [-0.2, 0) is 9.53 Å². The minimum atomic E-state index is -0.598. The Hall–Kier alpha value is -0.830. The molecular formula is C13H25NO2. The van der Waals surface area contributed by atoms with Gasteiger partial charge in [-0.3, -0.25) is 10.1 Å². The van der Waals surface area contributed by atoms with E-state index in [1.807, 2.05) is 19.9 Å². The summed E-state index contributed by atoms with van der Waals surface area (Å²) >= 11 is 0. The van der Waals surface area contributed by atoms with E-state index in [4.69, 9.17) is 4.74 Å². The molecule has 0 radical (unpaired) electrons. The molecule has 2 unspecified atom stereocenters. The Morgan fingerprint density at radius 3 is 2.62 bits per heavy atom. The first-order valence-corrected chi connectivity index (χ1v) is 6.06. The van der Waals surface area contributed by atoms with Crippen molar-refractivity contribution in [2.24, 2.45) is 0 Å². The molecule has 0 spiro atoms. The molecule has 0 bridgehead atoms. The van der Waals surface area contributed by atoms with Crippen molar-refractivity contribution in [2.75, 3.05) is 6.61 Å². The number of hydrogen-bond donors (Lipinski definition) is 1. The molecule has 0 aromatic carbocycles. The molecule has 0 aromatic rings. The molecule has 0 aromatic heterocycles. The second-order valence-electron chi connectivity index (χ2n) is 4.33. The Balaban J connectivity index is 4.58. The molecule has 0 saturated heterocycles. The molecule has 0 heterocycles. The zero-order valence-corrected chi connectivity index (χ0v) is 11.0. The Bertz CT molecular complexity index is 228. The average Bonchev–Trinajstić information content (AvgIpc) is 2.26. The number of carbonyl (C=O) groups excluding carboxylic acids is 1. The fourth-order valence-electron chi connectivity index (χ4n) is 1.56. The molecule has 0 saturated carbocycles. The number of allylic oxidation sites excluding steroid dienone is 1. The van der Waals surface area contributed by atoms with Crippen molar-refractivity contribution in [1.29, 1.82) is 0 Å². The second-order valence-corrected chi connectivity index (χ2v) is 4.33. The maximum absolute atomic E-state index is 11.9. The van der Waals surface area contributed by atoms with Gasteiger partial charge in [-0.2, -0.15) is 0 Å². The molecule has 0 rings (SSSR count). The molecule has 16 heavy (non-hydrogen) atoms. The van der Waals surface area contributed by atoms with E-state index in [0.29, 0.717) is 12.6 Å². The highest BCUT2D eigenvalue weighted by Crippen LogP contribution is 2.16. The minimum absolute atomic E-state index is 0.169. The second kappa shape index (κ2) is 7.44. The third kappa shape index (κ3) is 4.79. The van der Waals surface area contributed by atoms with Crippen molar-refractivity contribution in [3.05, 3.63) is 12.7 Å². The van der Waals surface area contributed by atoms with Crippen LogP contribution in [0.2, 0.25) is 0 Å². The van der Waals surface area contributed by atoms with E-state index in [1.165, 1.54) is 0 Å². The van der Waals surface area contributed by atoms with Crippen LogP contribution in [0.15, 0.2) is 12.7 Å². The summed E-state index contributed by atoms with van der Waals surface area (Å²) in [7, 11) is 0. The van der Waals surface area contributed by atoms with Crippen LogP contribution in [-0.4, -0.2) is 24.2 Å². The van der Waals surface area contributed by atoms with Crippen molar-refractivity contribution in [3.8, 4) is 0 Å². The molecule has 0 aliphatic heterocycles. The molecule has 2 atom stereocenters. The molecule has 0 aliphatic carbocycles. The normalized spacial score (nSPS) is 16.2. The van der Waals surface area contributed by atoms with Crippen LogP contribution in [0.1, 0.15) is 47.0 Å². The van der Waals surface area contributed by atoms with Gasteiger partial charge in [0, 0.05) is 6.04 Å². The van der Waals surface area contributed by atoms with Crippen molar-refractivity contribution in [2.45, 2.75) is 58.5 Å². The van der Waals surface area contributed by atoms with Crippen LogP contribution in [0, 0.1) is 0 Å². The molecule has 0 fully saturated rings. The first-order chi connectivity index (χ1) is 7.50. The van der Waals surface area contributed by atoms with E-state index >= 15 is 0 Å². The Kier molecular flexibility index (Phi) is 7.06. The first kappa shape index (κ1) is 15.2. The number of carbonyl (C=O) groups is 1. The van der Waals surface area contributed by atoms with Gasteiger partial charge in [-0.05, 0) is 40.0 Å². The fourth-order valence-corrected chi connectivity index (χ4v) is 1.56. The number of hydrogen-bond acceptors (Lipinski definition) is 3. The number of nitrogens with one attached hydrogen (secondary N) is 1. The summed E-state index contributed by atoms with van der Waals surface area (Å²) in [5.41, 5.74) is -0.598. The van der Waals surface area contributed by atoms with Crippen LogP contribution in [0.5, 0.6) is 0 Å². The van der Waals surface area contributed by atoms with Crippen LogP contribution in [0.4, 0.5) is 0 Å². The summed E-state index contributed by atoms with van der Waals surface area (Å²) in [6.45, 7) is 12.0. The summed E-state index contributed by atoms with van der Waals surface area (Å²) in [6, 6.07) is 0.305. The number of esters is 1. The van der Waals surface area contributed by atoms with E-state index in [2.05, 4.69) is 25.7 Å². The van der Waals surface area contributed by atoms with E-state index in [-0.39, 0.29) is 5.97 Å². The van der Waals surface area contributed by atoms with E-state index in [0.717, 1.165) is 19.3 Å². The Labute approximate surface area is 99.3 Å². The van der Waals surface area contributed by atoms with Gasteiger partial charge < -0.3 is 4.74 Å². The highest BCUT2D eigenvalue weighted by molar-refractivity contribution is 5.80. The maximum Gasteiger partial charge on any atom is 0.326 e. The Morgan fingerprint density at radius 2 is 2.19 bits per heavy atom. The van der Waals surface area contributed by atoms with E-state index in [1.54, 1.807) is 0 Å². The smallest absolute Gasteiger partial charge is 0.326 e. The predicted octanol–water partition coefficient (Wildman–Crippen LogP) is 2.66. The van der Waals surface area contributed by atoms with Gasteiger partial charge in [0.05, 0.1) is 6.61 Å². The molecule has 3 nitrogen and oxygen atoms in total. The Morgan fingerprint density at radius 1 is 1.56 bits per heavy atom. The number of ether oxygens (including phenoxy) is 1. The molecule has 1 N–H and O–H groups in total. The van der Waals surface area contributed by atoms with Crippen molar-refractivity contribution in [1.82, 2.24) is 5.32 Å². The van der Waals surface area contributed by atoms with Gasteiger partial charge >= 0.3 is 5.97 Å². The lowest BCUT2D eigenvalue weighted by molar-refractivity contribution is -0.151. The molecule has 0 aliphatic rings. The van der Waals surface area contributed by atoms with Gasteiger partial charge in [0.25, 0.3) is 0 Å². The van der Waals surface area contributed by atoms with Crippen molar-refractivity contribution >= 4 is 5.97 Å². The van der Waals surface area contributed by atoms with Crippen molar-refractivity contribution < 1.29 is 9.53 Å². The molecular weight excluding hydrogens is 202 g/mol. The van der Waals surface area contributed by atoms with Gasteiger partial charge in [-0.15, -0.1) is 6.58 Å². The molecule has 3 heteroatoms. The minimum Gasteiger partial charge on any atom is -0.465 e. The van der Waals surface area contributed by atoms with Crippen molar-refractivity contribution in [3.63, 3.8) is 0 Å². The predicted molar refractivity (Wildman–Crippen MR) is 67.4 cm³/mol. The quantitative estimate of drug-likeness (QED) is 0.512. The molecule has 94 valence electrons. The summed E-state index contributed by atoms with van der Waals surface area (Å²) in [5.74, 6) is -0.169. The van der Waals surface area contributed by atoms with Gasteiger partial charge in [-0.25, -0.2) is 0 Å². The van der Waals surface area contributed by atoms with Crippen LogP contribution in [0.25, 0.3) is 0 Å². The molecule has 0 amide bonds. The summed E-state index contributed by atoms with van der Waals surface area (Å²) in [5, 5.41) is 3.34. The third-order valence-electron chi connectivity index (χ3n) is 2.75. The van der Waals surface area contributed by atoms with Crippen LogP contribution < -0.4 is 5.32 Å². The third-order valence-corrected chi connectivity index (χ3v) is 2.75. The summed E-state index contributed by atoms with van der Waals surface area (Å²) in [6.07, 6.45) is 4.34. The lowest BCUT2D eigenvalue weighted by atomic mass is 9.94. The SMILES string of the molecule is C=CCCC(C)(NC(C)CC)C(=O)OCC. The standard InChI is InChI=1S/C13H25NO2/c1-6-9-10-13(5,12(15)16-8-3)14-11(4)7-2/h6,11,14H,1,7-10H2,2-5H3. The summed E-state index contributed by atoms with van der Waals surface area (Å²) in [4.78, 5) is 11.9. The van der Waals surface area contributed by atoms with Gasteiger partial charge in [0.2, 0.25) is 0 Å². The van der Waals surface area contributed by atoms with Gasteiger partial charge in [0.1, 0.15) is 5.54 Å². The van der Waals surface area contributed by atoms with Gasteiger partial charge in [-0.1, -0.05) is 13.0 Å². The average molecular weight is 227 g/mol. The largest absolute Gasteiger partial charge is 0.465 e. The first-order valence-electron chi connectivity index (χ1n) is 6.06. The lowest BCUT2D eigenvalue weighted by Crippen LogP contribution is -2.53. The van der Waals surface area contributed by atoms with Crippen LogP contribution in [0.3, 0.4) is 0 Å². The number of rotatable bonds is 8. The highest BCUT2D eigenvalue weighted by Gasteiger charge is 2.34. The van der Waals surface area contributed by atoms with Gasteiger partial charge in [0.15, 0.2) is 0 Å². The van der Waals surface area contributed by atoms with E-state index < -0.39 is 5.54 Å². The van der Waals surface area contributed by atoms with Crippen LogP contribution >= 0.6 is 0 Å². The highest BCUT2D eigenvalue weighted by atomic mass is 16.5.